The van der Waals surface area contributed by atoms with Gasteiger partial charge in [0.1, 0.15) is 0 Å². The summed E-state index contributed by atoms with van der Waals surface area (Å²) in [5, 5.41) is 2.18. The van der Waals surface area contributed by atoms with E-state index in [1.807, 2.05) is 29.3 Å². The lowest BCUT2D eigenvalue weighted by Crippen LogP contribution is -2.35. The van der Waals surface area contributed by atoms with Gasteiger partial charge in [-0.3, -0.25) is 9.78 Å². The topological polar surface area (TPSA) is 59.2 Å². The standard InChI is InChI=1S/C21H23N3OS/c1-26-20-6-3-16(4-7-20)15-24(11-9-22)21(25)13-17-2-5-19-14-23-10-8-18(19)12-17/h2-8,10,12,14H,9,11,13,15,22H2,1H3. The van der Waals surface area contributed by atoms with Gasteiger partial charge >= 0.3 is 0 Å². The van der Waals surface area contributed by atoms with Crippen LogP contribution < -0.4 is 5.73 Å². The molecule has 2 N–H and O–H groups in total. The lowest BCUT2D eigenvalue weighted by molar-refractivity contribution is -0.131. The van der Waals surface area contributed by atoms with Crippen LogP contribution in [0.1, 0.15) is 11.1 Å². The van der Waals surface area contributed by atoms with Crippen molar-refractivity contribution in [2.75, 3.05) is 19.3 Å². The molecule has 0 radical (unpaired) electrons. The summed E-state index contributed by atoms with van der Waals surface area (Å²) in [4.78, 5) is 20.0. The minimum Gasteiger partial charge on any atom is -0.337 e. The van der Waals surface area contributed by atoms with Crippen molar-refractivity contribution in [3.63, 3.8) is 0 Å². The van der Waals surface area contributed by atoms with Gasteiger partial charge < -0.3 is 10.6 Å². The Labute approximate surface area is 158 Å². The van der Waals surface area contributed by atoms with Crippen molar-refractivity contribution in [3.05, 3.63) is 72.1 Å². The summed E-state index contributed by atoms with van der Waals surface area (Å²) in [5.74, 6) is 0.0952. The third-order valence-corrected chi connectivity index (χ3v) is 5.09. The van der Waals surface area contributed by atoms with E-state index in [1.165, 1.54) is 4.90 Å². The van der Waals surface area contributed by atoms with Crippen molar-refractivity contribution in [2.45, 2.75) is 17.9 Å². The molecule has 3 rings (SSSR count). The Kier molecular flexibility index (Phi) is 6.26. The maximum absolute atomic E-state index is 12.8. The summed E-state index contributed by atoms with van der Waals surface area (Å²) < 4.78 is 0. The average molecular weight is 366 g/mol. The molecule has 134 valence electrons. The number of thioether (sulfide) groups is 1. The molecule has 4 nitrogen and oxygen atoms in total. The van der Waals surface area contributed by atoms with Crippen molar-refractivity contribution in [1.29, 1.82) is 0 Å². The molecule has 0 saturated carbocycles. The molecule has 0 fully saturated rings. The number of nitrogens with zero attached hydrogens (tertiary/aromatic N) is 2. The Bertz CT molecular complexity index is 880. The van der Waals surface area contributed by atoms with Crippen molar-refractivity contribution in [1.82, 2.24) is 9.88 Å². The highest BCUT2D eigenvalue weighted by atomic mass is 32.2. The number of benzene rings is 2. The number of fused-ring (bicyclic) bond motifs is 1. The summed E-state index contributed by atoms with van der Waals surface area (Å²) in [6.07, 6.45) is 6.03. The fourth-order valence-electron chi connectivity index (χ4n) is 2.93. The maximum atomic E-state index is 12.8. The second kappa shape index (κ2) is 8.83. The number of carbonyl (C=O) groups is 1. The maximum Gasteiger partial charge on any atom is 0.227 e. The molecule has 0 unspecified atom stereocenters. The predicted molar refractivity (Wildman–Crippen MR) is 108 cm³/mol. The number of pyridine rings is 1. The number of hydrogen-bond donors (Lipinski definition) is 1. The summed E-state index contributed by atoms with van der Waals surface area (Å²) in [7, 11) is 0. The van der Waals surface area contributed by atoms with Crippen LogP contribution in [0.15, 0.2) is 65.8 Å². The van der Waals surface area contributed by atoms with E-state index < -0.39 is 0 Å². The van der Waals surface area contributed by atoms with E-state index in [1.54, 1.807) is 18.0 Å². The van der Waals surface area contributed by atoms with E-state index in [2.05, 4.69) is 41.6 Å². The quantitative estimate of drug-likeness (QED) is 0.651. The molecule has 1 heterocycles. The molecule has 0 bridgehead atoms. The van der Waals surface area contributed by atoms with Crippen LogP contribution in [0, 0.1) is 0 Å². The summed E-state index contributed by atoms with van der Waals surface area (Å²) >= 11 is 1.71. The molecule has 1 aromatic heterocycles. The zero-order valence-corrected chi connectivity index (χ0v) is 15.7. The van der Waals surface area contributed by atoms with E-state index in [-0.39, 0.29) is 5.91 Å². The number of aromatic nitrogens is 1. The first-order valence-corrected chi connectivity index (χ1v) is 9.85. The SMILES string of the molecule is CSc1ccc(CN(CCN)C(=O)Cc2ccc3cnccc3c2)cc1. The second-order valence-corrected chi connectivity index (χ2v) is 7.07. The Morgan fingerprint density at radius 2 is 1.85 bits per heavy atom. The van der Waals surface area contributed by atoms with Gasteiger partial charge in [-0.1, -0.05) is 30.3 Å². The molecular weight excluding hydrogens is 342 g/mol. The summed E-state index contributed by atoms with van der Waals surface area (Å²) in [5.41, 5.74) is 7.86. The van der Waals surface area contributed by atoms with Crippen LogP contribution in [0.2, 0.25) is 0 Å². The van der Waals surface area contributed by atoms with Crippen molar-refractivity contribution >= 4 is 28.4 Å². The highest BCUT2D eigenvalue weighted by Gasteiger charge is 2.14. The average Bonchev–Trinajstić information content (AvgIpc) is 2.68. The van der Waals surface area contributed by atoms with E-state index in [4.69, 9.17) is 5.73 Å². The Balaban J connectivity index is 1.72. The van der Waals surface area contributed by atoms with Gasteiger partial charge in [0.25, 0.3) is 0 Å². The van der Waals surface area contributed by atoms with Crippen LogP contribution in [-0.2, 0) is 17.8 Å². The molecule has 1 amide bonds. The van der Waals surface area contributed by atoms with Gasteiger partial charge in [0.15, 0.2) is 0 Å². The Morgan fingerprint density at radius 3 is 2.58 bits per heavy atom. The summed E-state index contributed by atoms with van der Waals surface area (Å²) in [6, 6.07) is 16.4. The van der Waals surface area contributed by atoms with Gasteiger partial charge in [0.2, 0.25) is 5.91 Å². The lowest BCUT2D eigenvalue weighted by Gasteiger charge is -2.22. The van der Waals surface area contributed by atoms with Gasteiger partial charge in [-0.25, -0.2) is 0 Å². The third kappa shape index (κ3) is 4.62. The Hall–Kier alpha value is -2.37. The van der Waals surface area contributed by atoms with Gasteiger partial charge in [-0.2, -0.15) is 0 Å². The first kappa shape index (κ1) is 18.4. The van der Waals surface area contributed by atoms with E-state index >= 15 is 0 Å². The van der Waals surface area contributed by atoms with Crippen LogP contribution in [0.4, 0.5) is 0 Å². The number of rotatable bonds is 7. The van der Waals surface area contributed by atoms with Gasteiger partial charge in [0, 0.05) is 42.3 Å². The molecule has 5 heteroatoms. The van der Waals surface area contributed by atoms with Gasteiger partial charge in [-0.05, 0) is 41.0 Å². The Morgan fingerprint density at radius 1 is 1.08 bits per heavy atom. The smallest absolute Gasteiger partial charge is 0.227 e. The molecule has 2 aromatic carbocycles. The zero-order valence-electron chi connectivity index (χ0n) is 14.9. The molecule has 0 saturated heterocycles. The van der Waals surface area contributed by atoms with Crippen LogP contribution in [0.5, 0.6) is 0 Å². The third-order valence-electron chi connectivity index (χ3n) is 4.34. The molecule has 0 aliphatic rings. The zero-order chi connectivity index (χ0) is 18.4. The van der Waals surface area contributed by atoms with Crippen LogP contribution in [0.3, 0.4) is 0 Å². The number of nitrogens with two attached hydrogens (primary N) is 1. The molecule has 0 spiro atoms. The number of carbonyl (C=O) groups excluding carboxylic acids is 1. The number of hydrogen-bond acceptors (Lipinski definition) is 4. The van der Waals surface area contributed by atoms with Crippen LogP contribution >= 0.6 is 11.8 Å². The normalized spacial score (nSPS) is 10.8. The highest BCUT2D eigenvalue weighted by Crippen LogP contribution is 2.18. The van der Waals surface area contributed by atoms with E-state index in [9.17, 15) is 4.79 Å². The minimum absolute atomic E-state index is 0.0952. The monoisotopic (exact) mass is 365 g/mol. The van der Waals surface area contributed by atoms with E-state index in [0.29, 0.717) is 26.1 Å². The van der Waals surface area contributed by atoms with Crippen LogP contribution in [0.25, 0.3) is 10.8 Å². The van der Waals surface area contributed by atoms with Crippen molar-refractivity contribution in [3.8, 4) is 0 Å². The second-order valence-electron chi connectivity index (χ2n) is 6.19. The highest BCUT2D eigenvalue weighted by molar-refractivity contribution is 7.98. The fraction of sp³-hybridized carbons (Fsp3) is 0.238. The first-order valence-electron chi connectivity index (χ1n) is 8.63. The van der Waals surface area contributed by atoms with Crippen molar-refractivity contribution < 1.29 is 4.79 Å². The first-order chi connectivity index (χ1) is 12.7. The largest absolute Gasteiger partial charge is 0.337 e. The molecule has 26 heavy (non-hydrogen) atoms. The molecule has 3 aromatic rings. The van der Waals surface area contributed by atoms with Crippen LogP contribution in [-0.4, -0.2) is 35.1 Å². The predicted octanol–water partition coefficient (Wildman–Crippen LogP) is 3.49. The number of amides is 1. The molecule has 0 aliphatic heterocycles. The molecule has 0 aliphatic carbocycles. The molecular formula is C21H23N3OS. The minimum atomic E-state index is 0.0952. The lowest BCUT2D eigenvalue weighted by atomic mass is 10.1. The van der Waals surface area contributed by atoms with Crippen molar-refractivity contribution in [2.24, 2.45) is 5.73 Å². The van der Waals surface area contributed by atoms with Gasteiger partial charge in [0.05, 0.1) is 6.42 Å². The van der Waals surface area contributed by atoms with E-state index in [0.717, 1.165) is 21.9 Å². The van der Waals surface area contributed by atoms with Gasteiger partial charge in [-0.15, -0.1) is 11.8 Å². The fourth-order valence-corrected chi connectivity index (χ4v) is 3.34. The molecule has 0 atom stereocenters. The summed E-state index contributed by atoms with van der Waals surface area (Å²) in [6.45, 7) is 1.60.